The lowest BCUT2D eigenvalue weighted by molar-refractivity contribution is -0.129. The topological polar surface area (TPSA) is 72.1 Å². The van der Waals surface area contributed by atoms with E-state index < -0.39 is 0 Å². The Morgan fingerprint density at radius 3 is 2.68 bits per heavy atom. The van der Waals surface area contributed by atoms with E-state index in [-0.39, 0.29) is 36.8 Å². The molecule has 1 unspecified atom stereocenters. The van der Waals surface area contributed by atoms with Crippen LogP contribution in [0.25, 0.3) is 10.6 Å². The zero-order valence-corrected chi connectivity index (χ0v) is 17.2. The molecule has 8 heteroatoms. The maximum Gasteiger partial charge on any atom is 0.228 e. The zero-order chi connectivity index (χ0) is 16.8. The van der Waals surface area contributed by atoms with E-state index in [1.807, 2.05) is 24.6 Å². The maximum atomic E-state index is 12.3. The van der Waals surface area contributed by atoms with Gasteiger partial charge in [-0.05, 0) is 24.5 Å². The van der Waals surface area contributed by atoms with E-state index in [1.165, 1.54) is 11.3 Å². The van der Waals surface area contributed by atoms with Crippen molar-refractivity contribution in [3.8, 4) is 10.6 Å². The van der Waals surface area contributed by atoms with Crippen LogP contribution in [0, 0.1) is 5.92 Å². The third kappa shape index (κ3) is 7.28. The minimum Gasteiger partial charge on any atom is -0.345 e. The minimum atomic E-state index is 0. The Kier molecular flexibility index (Phi) is 10.9. The van der Waals surface area contributed by atoms with Gasteiger partial charge in [0, 0.05) is 43.0 Å². The quantitative estimate of drug-likeness (QED) is 0.766. The van der Waals surface area contributed by atoms with Crippen molar-refractivity contribution in [1.29, 1.82) is 0 Å². The van der Waals surface area contributed by atoms with Crippen LogP contribution in [0.15, 0.2) is 29.9 Å². The number of aromatic nitrogens is 2. The van der Waals surface area contributed by atoms with Gasteiger partial charge in [0.2, 0.25) is 5.91 Å². The van der Waals surface area contributed by atoms with Crippen molar-refractivity contribution in [2.75, 3.05) is 13.6 Å². The van der Waals surface area contributed by atoms with E-state index in [2.05, 4.69) is 23.8 Å². The summed E-state index contributed by atoms with van der Waals surface area (Å²) in [7, 11) is 1.82. The van der Waals surface area contributed by atoms with Crippen molar-refractivity contribution in [2.45, 2.75) is 32.7 Å². The number of thiazole rings is 1. The molecule has 140 valence electrons. The lowest BCUT2D eigenvalue weighted by Gasteiger charge is -2.21. The summed E-state index contributed by atoms with van der Waals surface area (Å²) in [4.78, 5) is 22.6. The van der Waals surface area contributed by atoms with Gasteiger partial charge in [0.25, 0.3) is 0 Å². The van der Waals surface area contributed by atoms with Crippen molar-refractivity contribution in [2.24, 2.45) is 11.7 Å². The summed E-state index contributed by atoms with van der Waals surface area (Å²) in [6.07, 6.45) is 4.66. The fraction of sp³-hybridized carbons (Fsp3) is 0.471. The molecule has 0 radical (unpaired) electrons. The molecule has 0 saturated heterocycles. The molecule has 0 bridgehead atoms. The van der Waals surface area contributed by atoms with Gasteiger partial charge in [-0.2, -0.15) is 0 Å². The smallest absolute Gasteiger partial charge is 0.228 e. The molecule has 0 aliphatic carbocycles. The first-order valence-corrected chi connectivity index (χ1v) is 8.69. The fourth-order valence-corrected chi connectivity index (χ4v) is 2.91. The number of hydrogen-bond donors (Lipinski definition) is 1. The number of amides is 1. The highest BCUT2D eigenvalue weighted by atomic mass is 35.5. The molecule has 0 fully saturated rings. The maximum absolute atomic E-state index is 12.3. The van der Waals surface area contributed by atoms with Crippen LogP contribution >= 0.6 is 36.2 Å². The van der Waals surface area contributed by atoms with E-state index in [0.29, 0.717) is 18.9 Å². The van der Waals surface area contributed by atoms with Gasteiger partial charge in [0.1, 0.15) is 5.01 Å². The van der Waals surface area contributed by atoms with Crippen molar-refractivity contribution in [3.63, 3.8) is 0 Å². The highest BCUT2D eigenvalue weighted by Crippen LogP contribution is 2.23. The molecule has 2 aromatic heterocycles. The average molecular weight is 405 g/mol. The highest BCUT2D eigenvalue weighted by molar-refractivity contribution is 7.13. The predicted octanol–water partition coefficient (Wildman–Crippen LogP) is 3.42. The second-order valence-electron chi connectivity index (χ2n) is 6.07. The Hall–Kier alpha value is -1.21. The van der Waals surface area contributed by atoms with E-state index in [4.69, 9.17) is 5.73 Å². The van der Waals surface area contributed by atoms with Crippen molar-refractivity contribution >= 4 is 42.1 Å². The summed E-state index contributed by atoms with van der Waals surface area (Å²) in [5.74, 6) is 0.503. The van der Waals surface area contributed by atoms with Gasteiger partial charge in [0.15, 0.2) is 0 Å². The van der Waals surface area contributed by atoms with Gasteiger partial charge in [-0.25, -0.2) is 4.98 Å². The number of nitrogens with two attached hydrogens (primary N) is 1. The lowest BCUT2D eigenvalue weighted by atomic mass is 10.0. The first-order chi connectivity index (χ1) is 11.0. The Labute approximate surface area is 165 Å². The zero-order valence-electron chi connectivity index (χ0n) is 14.7. The van der Waals surface area contributed by atoms with Gasteiger partial charge in [-0.3, -0.25) is 9.78 Å². The molecule has 2 heterocycles. The summed E-state index contributed by atoms with van der Waals surface area (Å²) in [5, 5.41) is 2.83. The Morgan fingerprint density at radius 2 is 2.08 bits per heavy atom. The van der Waals surface area contributed by atoms with Crippen molar-refractivity contribution < 1.29 is 4.79 Å². The summed E-state index contributed by atoms with van der Waals surface area (Å²) in [5.41, 5.74) is 7.81. The number of pyridine rings is 1. The standard InChI is InChI=1S/C17H24N4OS.2ClH/c1-12(2)15(18)6-8-21(3)16(22)9-14-11-23-17(20-14)13-5-4-7-19-10-13;;/h4-5,7,10-12,15H,6,8-9,18H2,1-3H3;2*1H. The van der Waals surface area contributed by atoms with E-state index >= 15 is 0 Å². The monoisotopic (exact) mass is 404 g/mol. The van der Waals surface area contributed by atoms with Crippen molar-refractivity contribution in [3.05, 3.63) is 35.6 Å². The van der Waals surface area contributed by atoms with Gasteiger partial charge in [-0.1, -0.05) is 13.8 Å². The molecular weight excluding hydrogens is 379 g/mol. The van der Waals surface area contributed by atoms with Crippen LogP contribution in [0.3, 0.4) is 0 Å². The molecule has 1 atom stereocenters. The highest BCUT2D eigenvalue weighted by Gasteiger charge is 2.15. The van der Waals surface area contributed by atoms with Crippen molar-refractivity contribution in [1.82, 2.24) is 14.9 Å². The number of halogens is 2. The molecule has 2 aromatic rings. The molecule has 0 aliphatic rings. The second kappa shape index (κ2) is 11.4. The van der Waals surface area contributed by atoms with Crippen LogP contribution < -0.4 is 5.73 Å². The number of hydrogen-bond acceptors (Lipinski definition) is 5. The van der Waals surface area contributed by atoms with Crippen LogP contribution in [0.1, 0.15) is 26.0 Å². The summed E-state index contributed by atoms with van der Waals surface area (Å²) in [6.45, 7) is 4.88. The Bertz CT molecular complexity index is 637. The Balaban J connectivity index is 0.00000288. The molecule has 25 heavy (non-hydrogen) atoms. The third-order valence-corrected chi connectivity index (χ3v) is 4.81. The van der Waals surface area contributed by atoms with Gasteiger partial charge < -0.3 is 10.6 Å². The molecule has 0 spiro atoms. The molecule has 5 nitrogen and oxygen atoms in total. The molecule has 0 aliphatic heterocycles. The number of carbonyl (C=O) groups excluding carboxylic acids is 1. The number of nitrogens with zero attached hydrogens (tertiary/aromatic N) is 3. The largest absolute Gasteiger partial charge is 0.345 e. The SMILES string of the molecule is CC(C)C(N)CCN(C)C(=O)Cc1csc(-c2cccnc2)n1.Cl.Cl. The fourth-order valence-electron chi connectivity index (χ4n) is 2.10. The second-order valence-corrected chi connectivity index (χ2v) is 6.93. The molecule has 0 saturated carbocycles. The summed E-state index contributed by atoms with van der Waals surface area (Å²) >= 11 is 1.54. The first-order valence-electron chi connectivity index (χ1n) is 7.81. The Morgan fingerprint density at radius 1 is 1.36 bits per heavy atom. The van der Waals surface area contributed by atoms with E-state index in [0.717, 1.165) is 22.7 Å². The summed E-state index contributed by atoms with van der Waals surface area (Å²) in [6, 6.07) is 3.98. The van der Waals surface area contributed by atoms with Crippen LogP contribution in [0.2, 0.25) is 0 Å². The number of carbonyl (C=O) groups is 1. The van der Waals surface area contributed by atoms with Gasteiger partial charge >= 0.3 is 0 Å². The number of likely N-dealkylation sites (N-methyl/N-ethyl adjacent to an activating group) is 1. The van der Waals surface area contributed by atoms with Crippen LogP contribution in [0.5, 0.6) is 0 Å². The summed E-state index contributed by atoms with van der Waals surface area (Å²) < 4.78 is 0. The van der Waals surface area contributed by atoms with Crippen LogP contribution in [0.4, 0.5) is 0 Å². The predicted molar refractivity (Wildman–Crippen MR) is 109 cm³/mol. The average Bonchev–Trinajstić information content (AvgIpc) is 3.01. The normalized spacial score (nSPS) is 11.4. The minimum absolute atomic E-state index is 0. The molecule has 1 amide bonds. The molecule has 0 aromatic carbocycles. The number of rotatable bonds is 7. The van der Waals surface area contributed by atoms with Gasteiger partial charge in [0.05, 0.1) is 12.1 Å². The van der Waals surface area contributed by atoms with Crippen LogP contribution in [-0.4, -0.2) is 40.4 Å². The van der Waals surface area contributed by atoms with Gasteiger partial charge in [-0.15, -0.1) is 36.2 Å². The first kappa shape index (κ1) is 23.8. The lowest BCUT2D eigenvalue weighted by Crippen LogP contribution is -2.35. The third-order valence-electron chi connectivity index (χ3n) is 3.87. The van der Waals surface area contributed by atoms with E-state index in [1.54, 1.807) is 17.3 Å². The van der Waals surface area contributed by atoms with Crippen LogP contribution in [-0.2, 0) is 11.2 Å². The van der Waals surface area contributed by atoms with E-state index in [9.17, 15) is 4.79 Å². The molecule has 2 N–H and O–H groups in total. The molecule has 2 rings (SSSR count). The molecular formula is C17H26Cl2N4OS.